The minimum atomic E-state index is -1.21. The molecule has 0 saturated carbocycles. The van der Waals surface area contributed by atoms with Crippen molar-refractivity contribution in [1.29, 1.82) is 0 Å². The van der Waals surface area contributed by atoms with Crippen LogP contribution in [-0.2, 0) is 0 Å². The van der Waals surface area contributed by atoms with Gasteiger partial charge in [-0.25, -0.2) is 0 Å². The third-order valence-corrected chi connectivity index (χ3v) is 2.56. The summed E-state index contributed by atoms with van der Waals surface area (Å²) in [5.41, 5.74) is 5.73. The molecule has 5 N–H and O–H groups in total. The number of aliphatic hydroxyl groups is 2. The Morgan fingerprint density at radius 2 is 1.83 bits per heavy atom. The van der Waals surface area contributed by atoms with Crippen LogP contribution in [0.25, 0.3) is 0 Å². The molecule has 18 heavy (non-hydrogen) atoms. The Hall–Kier alpha value is -1.66. The summed E-state index contributed by atoms with van der Waals surface area (Å²) < 4.78 is 10.3. The summed E-state index contributed by atoms with van der Waals surface area (Å²) in [5.74, 6) is 1.08. The Bertz CT molecular complexity index is 407. The highest BCUT2D eigenvalue weighted by molar-refractivity contribution is 5.72. The highest BCUT2D eigenvalue weighted by Gasteiger charge is 2.19. The second-order valence-corrected chi connectivity index (χ2v) is 4.30. The minimum Gasteiger partial charge on any atom is -0.493 e. The van der Waals surface area contributed by atoms with Crippen LogP contribution in [-0.4, -0.2) is 43.2 Å². The standard InChI is InChI=1S/C12H20N2O4/c1-12(16,7-15)6-14-9-5-11(18-3)10(17-2)4-8(9)13/h4-5,14-16H,6-7,13H2,1-3H3. The van der Waals surface area contributed by atoms with E-state index in [0.29, 0.717) is 22.9 Å². The number of anilines is 2. The molecule has 0 aromatic heterocycles. The van der Waals surface area contributed by atoms with Crippen LogP contribution in [0.5, 0.6) is 11.5 Å². The molecule has 0 aliphatic carbocycles. The van der Waals surface area contributed by atoms with Gasteiger partial charge >= 0.3 is 0 Å². The zero-order valence-electron chi connectivity index (χ0n) is 10.9. The van der Waals surface area contributed by atoms with Crippen LogP contribution in [0.1, 0.15) is 6.92 Å². The SMILES string of the molecule is COc1cc(N)c(NCC(C)(O)CO)cc1OC. The highest BCUT2D eigenvalue weighted by Crippen LogP contribution is 2.34. The van der Waals surface area contributed by atoms with Gasteiger partial charge in [0.25, 0.3) is 0 Å². The molecular weight excluding hydrogens is 236 g/mol. The number of nitrogens with one attached hydrogen (secondary N) is 1. The number of nitrogen functional groups attached to an aromatic ring is 1. The van der Waals surface area contributed by atoms with Crippen LogP contribution in [0.15, 0.2) is 12.1 Å². The zero-order chi connectivity index (χ0) is 13.8. The molecule has 1 rings (SSSR count). The molecule has 0 amide bonds. The van der Waals surface area contributed by atoms with Gasteiger partial charge in [-0.1, -0.05) is 0 Å². The largest absolute Gasteiger partial charge is 0.493 e. The van der Waals surface area contributed by atoms with E-state index in [4.69, 9.17) is 20.3 Å². The molecule has 0 bridgehead atoms. The maximum absolute atomic E-state index is 9.69. The molecule has 0 aliphatic heterocycles. The van der Waals surface area contributed by atoms with Gasteiger partial charge in [-0.3, -0.25) is 0 Å². The van der Waals surface area contributed by atoms with Crippen LogP contribution in [0.2, 0.25) is 0 Å². The molecule has 1 aromatic rings. The number of nitrogens with two attached hydrogens (primary N) is 1. The Morgan fingerprint density at radius 1 is 1.28 bits per heavy atom. The summed E-state index contributed by atoms with van der Waals surface area (Å²) in [6, 6.07) is 3.32. The van der Waals surface area contributed by atoms with Gasteiger partial charge in [-0.15, -0.1) is 0 Å². The van der Waals surface area contributed by atoms with Crippen LogP contribution >= 0.6 is 0 Å². The molecule has 0 spiro atoms. The number of benzene rings is 1. The van der Waals surface area contributed by atoms with E-state index < -0.39 is 5.60 Å². The smallest absolute Gasteiger partial charge is 0.162 e. The number of ether oxygens (including phenoxy) is 2. The summed E-state index contributed by atoms with van der Waals surface area (Å²) in [5, 5.41) is 21.6. The predicted molar refractivity (Wildman–Crippen MR) is 70.2 cm³/mol. The number of rotatable bonds is 6. The summed E-state index contributed by atoms with van der Waals surface area (Å²) >= 11 is 0. The summed E-state index contributed by atoms with van der Waals surface area (Å²) in [6.07, 6.45) is 0. The normalized spacial score (nSPS) is 13.8. The van der Waals surface area contributed by atoms with E-state index in [1.165, 1.54) is 21.1 Å². The second kappa shape index (κ2) is 5.79. The molecule has 102 valence electrons. The van der Waals surface area contributed by atoms with Crippen molar-refractivity contribution in [3.05, 3.63) is 12.1 Å². The minimum absolute atomic E-state index is 0.170. The lowest BCUT2D eigenvalue weighted by Gasteiger charge is -2.22. The first-order valence-corrected chi connectivity index (χ1v) is 5.52. The molecular formula is C12H20N2O4. The second-order valence-electron chi connectivity index (χ2n) is 4.30. The predicted octanol–water partition coefficient (Wildman–Crippen LogP) is 0.441. The maximum atomic E-state index is 9.69. The Balaban J connectivity index is 2.89. The van der Waals surface area contributed by atoms with Crippen molar-refractivity contribution < 1.29 is 19.7 Å². The van der Waals surface area contributed by atoms with Gasteiger partial charge in [-0.05, 0) is 6.92 Å². The first-order chi connectivity index (χ1) is 8.43. The monoisotopic (exact) mass is 256 g/mol. The molecule has 0 heterocycles. The molecule has 0 saturated heterocycles. The average molecular weight is 256 g/mol. The van der Waals surface area contributed by atoms with E-state index in [1.807, 2.05) is 0 Å². The van der Waals surface area contributed by atoms with Crippen LogP contribution in [0, 0.1) is 0 Å². The van der Waals surface area contributed by atoms with E-state index >= 15 is 0 Å². The summed E-state index contributed by atoms with van der Waals surface area (Å²) in [4.78, 5) is 0. The molecule has 6 heteroatoms. The highest BCUT2D eigenvalue weighted by atomic mass is 16.5. The quantitative estimate of drug-likeness (QED) is 0.551. The lowest BCUT2D eigenvalue weighted by atomic mass is 10.1. The van der Waals surface area contributed by atoms with Crippen molar-refractivity contribution in [3.8, 4) is 11.5 Å². The van der Waals surface area contributed by atoms with E-state index in [-0.39, 0.29) is 13.2 Å². The fourth-order valence-electron chi connectivity index (χ4n) is 1.39. The first kappa shape index (κ1) is 14.4. The Kier molecular flexibility index (Phi) is 4.63. The van der Waals surface area contributed by atoms with Crippen LogP contribution in [0.4, 0.5) is 11.4 Å². The van der Waals surface area contributed by atoms with Crippen molar-refractivity contribution in [2.24, 2.45) is 0 Å². The lowest BCUT2D eigenvalue weighted by Crippen LogP contribution is -2.37. The van der Waals surface area contributed by atoms with Crippen LogP contribution < -0.4 is 20.5 Å². The van der Waals surface area contributed by atoms with Gasteiger partial charge in [0, 0.05) is 18.7 Å². The topological polar surface area (TPSA) is 97.0 Å². The van der Waals surface area contributed by atoms with E-state index in [0.717, 1.165) is 0 Å². The Morgan fingerprint density at radius 3 is 2.33 bits per heavy atom. The van der Waals surface area contributed by atoms with Crippen molar-refractivity contribution in [2.45, 2.75) is 12.5 Å². The first-order valence-electron chi connectivity index (χ1n) is 5.52. The van der Waals surface area contributed by atoms with Gasteiger partial charge in [-0.2, -0.15) is 0 Å². The molecule has 1 atom stereocenters. The zero-order valence-corrected chi connectivity index (χ0v) is 10.9. The fourth-order valence-corrected chi connectivity index (χ4v) is 1.39. The molecule has 6 nitrogen and oxygen atoms in total. The van der Waals surface area contributed by atoms with E-state index in [1.54, 1.807) is 12.1 Å². The molecule has 0 aliphatic rings. The van der Waals surface area contributed by atoms with Gasteiger partial charge in [0.15, 0.2) is 11.5 Å². The third kappa shape index (κ3) is 3.41. The summed E-state index contributed by atoms with van der Waals surface area (Å²) in [6.45, 7) is 1.35. The van der Waals surface area contributed by atoms with Crippen molar-refractivity contribution in [1.82, 2.24) is 0 Å². The summed E-state index contributed by atoms with van der Waals surface area (Å²) in [7, 11) is 3.06. The van der Waals surface area contributed by atoms with E-state index in [2.05, 4.69) is 5.32 Å². The van der Waals surface area contributed by atoms with Gasteiger partial charge in [0.1, 0.15) is 5.60 Å². The van der Waals surface area contributed by atoms with E-state index in [9.17, 15) is 5.11 Å². The Labute approximate surface area is 106 Å². The van der Waals surface area contributed by atoms with Crippen molar-refractivity contribution >= 4 is 11.4 Å². The third-order valence-electron chi connectivity index (χ3n) is 2.56. The number of aliphatic hydroxyl groups excluding tert-OH is 1. The molecule has 0 radical (unpaired) electrons. The molecule has 1 aromatic carbocycles. The molecule has 0 fully saturated rings. The maximum Gasteiger partial charge on any atom is 0.162 e. The van der Waals surface area contributed by atoms with Crippen molar-refractivity contribution in [2.75, 3.05) is 38.4 Å². The lowest BCUT2D eigenvalue weighted by molar-refractivity contribution is 0.0132. The number of hydrogen-bond donors (Lipinski definition) is 4. The van der Waals surface area contributed by atoms with Gasteiger partial charge < -0.3 is 30.7 Å². The number of hydrogen-bond acceptors (Lipinski definition) is 6. The van der Waals surface area contributed by atoms with Crippen molar-refractivity contribution in [3.63, 3.8) is 0 Å². The van der Waals surface area contributed by atoms with Gasteiger partial charge in [0.2, 0.25) is 0 Å². The average Bonchev–Trinajstić information content (AvgIpc) is 2.36. The number of methoxy groups -OCH3 is 2. The van der Waals surface area contributed by atoms with Gasteiger partial charge in [0.05, 0.1) is 32.2 Å². The fraction of sp³-hybridized carbons (Fsp3) is 0.500. The molecule has 1 unspecified atom stereocenters. The van der Waals surface area contributed by atoms with Crippen LogP contribution in [0.3, 0.4) is 0 Å².